The van der Waals surface area contributed by atoms with Gasteiger partial charge in [0.25, 0.3) is 0 Å². The first-order chi connectivity index (χ1) is 8.70. The minimum absolute atomic E-state index is 0.150. The molecule has 1 aliphatic carbocycles. The van der Waals surface area contributed by atoms with Gasteiger partial charge >= 0.3 is 0 Å². The Labute approximate surface area is 107 Å². The van der Waals surface area contributed by atoms with E-state index >= 15 is 0 Å². The molecule has 0 unspecified atom stereocenters. The monoisotopic (exact) mass is 252 g/mol. The second-order valence-corrected chi connectivity index (χ2v) is 4.98. The van der Waals surface area contributed by atoms with Crippen LogP contribution in [0.1, 0.15) is 31.2 Å². The van der Waals surface area contributed by atoms with Crippen molar-refractivity contribution in [2.24, 2.45) is 0 Å². The summed E-state index contributed by atoms with van der Waals surface area (Å²) in [4.78, 5) is 2.26. The smallest absolute Gasteiger partial charge is 0.125 e. The molecular formula is C14H21FN2O. The van der Waals surface area contributed by atoms with E-state index < -0.39 is 0 Å². The molecular weight excluding hydrogens is 231 g/mol. The summed E-state index contributed by atoms with van der Waals surface area (Å²) in [6, 6.07) is 5.07. The number of halogens is 1. The summed E-state index contributed by atoms with van der Waals surface area (Å²) in [6.45, 7) is 1.50. The van der Waals surface area contributed by atoms with Crippen LogP contribution in [0.25, 0.3) is 0 Å². The van der Waals surface area contributed by atoms with Gasteiger partial charge in [-0.25, -0.2) is 4.39 Å². The molecule has 0 aromatic heterocycles. The van der Waals surface area contributed by atoms with Crippen LogP contribution in [0, 0.1) is 5.82 Å². The lowest BCUT2D eigenvalue weighted by Gasteiger charge is -2.28. The second-order valence-electron chi connectivity index (χ2n) is 4.98. The molecule has 1 fully saturated rings. The van der Waals surface area contributed by atoms with Crippen LogP contribution in [-0.2, 0) is 6.54 Å². The van der Waals surface area contributed by atoms with Gasteiger partial charge in [0, 0.05) is 24.8 Å². The van der Waals surface area contributed by atoms with E-state index in [1.807, 2.05) is 0 Å². The zero-order chi connectivity index (χ0) is 13.0. The van der Waals surface area contributed by atoms with E-state index in [1.165, 1.54) is 37.8 Å². The third-order valence-corrected chi connectivity index (χ3v) is 3.71. The van der Waals surface area contributed by atoms with Gasteiger partial charge in [-0.1, -0.05) is 18.9 Å². The number of hydrogen-bond donors (Lipinski definition) is 2. The predicted molar refractivity (Wildman–Crippen MR) is 70.6 cm³/mol. The maximum Gasteiger partial charge on any atom is 0.125 e. The lowest BCUT2D eigenvalue weighted by molar-refractivity contribution is 0.145. The number of rotatable bonds is 5. The molecule has 2 rings (SSSR count). The Morgan fingerprint density at radius 2 is 2.06 bits per heavy atom. The van der Waals surface area contributed by atoms with Crippen molar-refractivity contribution in [1.82, 2.24) is 4.90 Å². The summed E-state index contributed by atoms with van der Waals surface area (Å²) in [5, 5.41) is 9.16. The molecule has 18 heavy (non-hydrogen) atoms. The van der Waals surface area contributed by atoms with Crippen molar-refractivity contribution in [2.75, 3.05) is 18.9 Å². The van der Waals surface area contributed by atoms with Gasteiger partial charge in [-0.2, -0.15) is 0 Å². The van der Waals surface area contributed by atoms with Gasteiger partial charge in [0.05, 0.1) is 6.61 Å². The highest BCUT2D eigenvalue weighted by Gasteiger charge is 2.22. The molecule has 1 saturated carbocycles. The standard InChI is InChI=1S/C14H21FN2O/c15-12-6-5-11(14(16)9-12)10-17(7-8-18)13-3-1-2-4-13/h5-6,9,13,18H,1-4,7-8,10,16H2. The fourth-order valence-corrected chi connectivity index (χ4v) is 2.72. The Morgan fingerprint density at radius 3 is 2.67 bits per heavy atom. The molecule has 3 N–H and O–H groups in total. The van der Waals surface area contributed by atoms with Gasteiger partial charge in [0.2, 0.25) is 0 Å². The van der Waals surface area contributed by atoms with E-state index in [1.54, 1.807) is 6.07 Å². The van der Waals surface area contributed by atoms with E-state index in [0.717, 1.165) is 5.56 Å². The molecule has 4 heteroatoms. The first-order valence-electron chi connectivity index (χ1n) is 6.59. The number of hydrogen-bond acceptors (Lipinski definition) is 3. The van der Waals surface area contributed by atoms with E-state index in [4.69, 9.17) is 10.8 Å². The lowest BCUT2D eigenvalue weighted by Crippen LogP contribution is -2.35. The van der Waals surface area contributed by atoms with E-state index in [-0.39, 0.29) is 12.4 Å². The first kappa shape index (κ1) is 13.3. The molecule has 100 valence electrons. The normalized spacial score (nSPS) is 16.6. The Morgan fingerprint density at radius 1 is 1.33 bits per heavy atom. The lowest BCUT2D eigenvalue weighted by atomic mass is 10.1. The maximum atomic E-state index is 13.0. The van der Waals surface area contributed by atoms with Crippen molar-refractivity contribution in [3.05, 3.63) is 29.6 Å². The summed E-state index contributed by atoms with van der Waals surface area (Å²) in [5.74, 6) is -0.300. The topological polar surface area (TPSA) is 49.5 Å². The van der Waals surface area contributed by atoms with Crippen LogP contribution >= 0.6 is 0 Å². The minimum Gasteiger partial charge on any atom is -0.398 e. The van der Waals surface area contributed by atoms with E-state index in [0.29, 0.717) is 24.8 Å². The fourth-order valence-electron chi connectivity index (χ4n) is 2.72. The summed E-state index contributed by atoms with van der Waals surface area (Å²) in [7, 11) is 0. The number of nitrogen functional groups attached to an aromatic ring is 1. The predicted octanol–water partition coefficient (Wildman–Crippen LogP) is 2.14. The van der Waals surface area contributed by atoms with Gasteiger partial charge in [0.1, 0.15) is 5.82 Å². The largest absolute Gasteiger partial charge is 0.398 e. The van der Waals surface area contributed by atoms with Gasteiger partial charge in [-0.05, 0) is 30.5 Å². The Bertz CT molecular complexity index is 391. The summed E-state index contributed by atoms with van der Waals surface area (Å²) < 4.78 is 13.0. The molecule has 0 saturated heterocycles. The SMILES string of the molecule is Nc1cc(F)ccc1CN(CCO)C1CCCC1. The van der Waals surface area contributed by atoms with Crippen molar-refractivity contribution in [3.8, 4) is 0 Å². The third-order valence-electron chi connectivity index (χ3n) is 3.71. The molecule has 1 aliphatic rings. The fraction of sp³-hybridized carbons (Fsp3) is 0.571. The van der Waals surface area contributed by atoms with Crippen molar-refractivity contribution < 1.29 is 9.50 Å². The highest BCUT2D eigenvalue weighted by atomic mass is 19.1. The highest BCUT2D eigenvalue weighted by molar-refractivity contribution is 5.46. The maximum absolute atomic E-state index is 13.0. The van der Waals surface area contributed by atoms with Crippen LogP contribution in [-0.4, -0.2) is 29.2 Å². The van der Waals surface area contributed by atoms with Gasteiger partial charge in [-0.15, -0.1) is 0 Å². The molecule has 1 aromatic rings. The number of benzene rings is 1. The van der Waals surface area contributed by atoms with E-state index in [9.17, 15) is 4.39 Å². The average molecular weight is 252 g/mol. The molecule has 0 heterocycles. The van der Waals surface area contributed by atoms with Crippen molar-refractivity contribution >= 4 is 5.69 Å². The average Bonchev–Trinajstić information content (AvgIpc) is 2.85. The van der Waals surface area contributed by atoms with Gasteiger partial charge in [0.15, 0.2) is 0 Å². The van der Waals surface area contributed by atoms with Crippen molar-refractivity contribution in [1.29, 1.82) is 0 Å². The molecule has 0 aliphatic heterocycles. The molecule has 0 bridgehead atoms. The van der Waals surface area contributed by atoms with E-state index in [2.05, 4.69) is 4.90 Å². The zero-order valence-electron chi connectivity index (χ0n) is 10.6. The number of anilines is 1. The van der Waals surface area contributed by atoms with Crippen LogP contribution in [0.15, 0.2) is 18.2 Å². The first-order valence-corrected chi connectivity index (χ1v) is 6.59. The van der Waals surface area contributed by atoms with Crippen molar-refractivity contribution in [2.45, 2.75) is 38.3 Å². The van der Waals surface area contributed by atoms with Crippen LogP contribution in [0.2, 0.25) is 0 Å². The van der Waals surface area contributed by atoms with Gasteiger partial charge in [-0.3, -0.25) is 4.90 Å². The van der Waals surface area contributed by atoms with Crippen LogP contribution in [0.4, 0.5) is 10.1 Å². The Balaban J connectivity index is 2.07. The number of aliphatic hydroxyl groups is 1. The molecule has 0 amide bonds. The van der Waals surface area contributed by atoms with Crippen LogP contribution < -0.4 is 5.73 Å². The molecule has 3 nitrogen and oxygen atoms in total. The molecule has 0 atom stereocenters. The van der Waals surface area contributed by atoms with Crippen LogP contribution in [0.5, 0.6) is 0 Å². The van der Waals surface area contributed by atoms with Crippen LogP contribution in [0.3, 0.4) is 0 Å². The quantitative estimate of drug-likeness (QED) is 0.789. The van der Waals surface area contributed by atoms with Gasteiger partial charge < -0.3 is 10.8 Å². The second kappa shape index (κ2) is 6.16. The number of aliphatic hydroxyl groups excluding tert-OH is 1. The molecule has 0 radical (unpaired) electrons. The summed E-state index contributed by atoms with van der Waals surface area (Å²) in [6.07, 6.45) is 4.87. The zero-order valence-corrected chi connectivity index (χ0v) is 10.6. The minimum atomic E-state index is -0.300. The highest BCUT2D eigenvalue weighted by Crippen LogP contribution is 2.26. The number of nitrogens with zero attached hydrogens (tertiary/aromatic N) is 1. The van der Waals surface area contributed by atoms with Crippen molar-refractivity contribution in [3.63, 3.8) is 0 Å². The molecule has 1 aromatic carbocycles. The Hall–Kier alpha value is -1.13. The third kappa shape index (κ3) is 3.21. The Kier molecular flexibility index (Phi) is 4.55. The summed E-state index contributed by atoms with van der Waals surface area (Å²) in [5.41, 5.74) is 7.27. The number of nitrogens with two attached hydrogens (primary N) is 1. The summed E-state index contributed by atoms with van der Waals surface area (Å²) >= 11 is 0. The molecule has 0 spiro atoms.